The van der Waals surface area contributed by atoms with Crippen LogP contribution in [0.3, 0.4) is 0 Å². The Morgan fingerprint density at radius 2 is 1.80 bits per heavy atom. The molecule has 3 aliphatic heterocycles. The first-order valence-corrected chi connectivity index (χ1v) is 16.1. The van der Waals surface area contributed by atoms with Crippen molar-refractivity contribution < 1.29 is 23.5 Å². The average Bonchev–Trinajstić information content (AvgIpc) is 3.39. The normalized spacial score (nSPS) is 21.1. The van der Waals surface area contributed by atoms with Gasteiger partial charge in [0, 0.05) is 75.3 Å². The molecule has 0 radical (unpaired) electrons. The number of piperidine rings is 1. The molecule has 1 aromatic heterocycles. The van der Waals surface area contributed by atoms with Crippen molar-refractivity contribution in [3.05, 3.63) is 77.3 Å². The SMILES string of the molecule is C/C=C(F)\C=C(/C)C1CN(C2CCOCC2)C(=O)N1C1CCN(Cc2ccc(Oc3ccc(C(=O)NC(C)C)cc3)nc2)CC1. The maximum atomic E-state index is 14.2. The summed E-state index contributed by atoms with van der Waals surface area (Å²) in [5.41, 5.74) is 2.55. The Morgan fingerprint density at radius 3 is 2.42 bits per heavy atom. The quantitative estimate of drug-likeness (QED) is 0.325. The van der Waals surface area contributed by atoms with Gasteiger partial charge in [-0.3, -0.25) is 9.69 Å². The lowest BCUT2D eigenvalue weighted by Crippen LogP contribution is -2.50. The standard InChI is InChI=1S/C35H46FN5O4/c1-5-28(36)20-25(4)32-23-40(29-14-18-44-19-15-29)35(43)41(32)30-12-16-39(17-13-30)22-26-6-11-33(37-21-26)45-31-9-7-27(8-10-31)34(42)38-24(2)3/h5-11,20-21,24,29-30,32H,12-19,22-23H2,1-4H3,(H,38,42)/b25-20+,28-5+. The number of pyridine rings is 1. The molecule has 1 unspecified atom stereocenters. The number of urea groups is 1. The third-order valence-corrected chi connectivity index (χ3v) is 8.88. The topological polar surface area (TPSA) is 87.2 Å². The molecule has 0 saturated carbocycles. The van der Waals surface area contributed by atoms with Crippen molar-refractivity contribution in [3.8, 4) is 11.6 Å². The van der Waals surface area contributed by atoms with Crippen molar-refractivity contribution in [1.82, 2.24) is 25.0 Å². The maximum Gasteiger partial charge on any atom is 0.321 e. The van der Waals surface area contributed by atoms with Crippen molar-refractivity contribution in [3.63, 3.8) is 0 Å². The van der Waals surface area contributed by atoms with Crippen molar-refractivity contribution >= 4 is 11.9 Å². The molecule has 5 rings (SSSR count). The second-order valence-electron chi connectivity index (χ2n) is 12.5. The molecule has 45 heavy (non-hydrogen) atoms. The van der Waals surface area contributed by atoms with Crippen LogP contribution >= 0.6 is 0 Å². The summed E-state index contributed by atoms with van der Waals surface area (Å²) in [6.45, 7) is 11.9. The van der Waals surface area contributed by atoms with E-state index in [0.717, 1.165) is 56.5 Å². The number of nitrogens with zero attached hydrogens (tertiary/aromatic N) is 4. The number of hydrogen-bond donors (Lipinski definition) is 1. The highest BCUT2D eigenvalue weighted by molar-refractivity contribution is 5.94. The fourth-order valence-electron chi connectivity index (χ4n) is 6.43. The van der Waals surface area contributed by atoms with E-state index in [1.165, 1.54) is 6.08 Å². The zero-order valence-electron chi connectivity index (χ0n) is 26.9. The first-order chi connectivity index (χ1) is 21.7. The van der Waals surface area contributed by atoms with E-state index in [-0.39, 0.29) is 41.9 Å². The van der Waals surface area contributed by atoms with Crippen LogP contribution < -0.4 is 10.1 Å². The molecule has 2 aromatic rings. The van der Waals surface area contributed by atoms with Crippen LogP contribution in [0.25, 0.3) is 0 Å². The number of aromatic nitrogens is 1. The van der Waals surface area contributed by atoms with Crippen molar-refractivity contribution in [2.75, 3.05) is 32.8 Å². The number of rotatable bonds is 10. The van der Waals surface area contributed by atoms with Gasteiger partial charge in [-0.2, -0.15) is 0 Å². The van der Waals surface area contributed by atoms with Gasteiger partial charge in [-0.15, -0.1) is 0 Å². The van der Waals surface area contributed by atoms with Gasteiger partial charge >= 0.3 is 6.03 Å². The minimum atomic E-state index is -0.270. The molecule has 242 valence electrons. The second-order valence-corrected chi connectivity index (χ2v) is 12.5. The van der Waals surface area contributed by atoms with E-state index in [1.807, 2.05) is 48.9 Å². The van der Waals surface area contributed by atoms with E-state index >= 15 is 0 Å². The van der Waals surface area contributed by atoms with E-state index in [9.17, 15) is 14.0 Å². The molecule has 4 heterocycles. The van der Waals surface area contributed by atoms with E-state index in [0.29, 0.717) is 37.0 Å². The largest absolute Gasteiger partial charge is 0.439 e. The highest BCUT2D eigenvalue weighted by Gasteiger charge is 2.45. The summed E-state index contributed by atoms with van der Waals surface area (Å²) in [4.78, 5) is 36.9. The predicted molar refractivity (Wildman–Crippen MR) is 172 cm³/mol. The number of carbonyl (C=O) groups excluding carboxylic acids is 2. The van der Waals surface area contributed by atoms with Crippen LogP contribution in [0.1, 0.15) is 69.3 Å². The lowest BCUT2D eigenvalue weighted by atomic mass is 9.99. The Labute approximate surface area is 266 Å². The van der Waals surface area contributed by atoms with Gasteiger partial charge < -0.3 is 24.6 Å². The summed E-state index contributed by atoms with van der Waals surface area (Å²) >= 11 is 0. The third-order valence-electron chi connectivity index (χ3n) is 8.88. The Hall–Kier alpha value is -3.76. The minimum absolute atomic E-state index is 0.0734. The number of carbonyl (C=O) groups is 2. The van der Waals surface area contributed by atoms with Gasteiger partial charge in [0.2, 0.25) is 5.88 Å². The molecule has 0 spiro atoms. The summed E-state index contributed by atoms with van der Waals surface area (Å²) in [6.07, 6.45) is 8.29. The summed E-state index contributed by atoms with van der Waals surface area (Å²) < 4.78 is 25.7. The zero-order valence-corrected chi connectivity index (χ0v) is 26.9. The average molecular weight is 620 g/mol. The highest BCUT2D eigenvalue weighted by atomic mass is 19.1. The minimum Gasteiger partial charge on any atom is -0.439 e. The molecule has 3 aliphatic rings. The van der Waals surface area contributed by atoms with Gasteiger partial charge in [-0.05, 0) is 94.9 Å². The molecule has 3 saturated heterocycles. The number of halogens is 1. The molecule has 1 aromatic carbocycles. The Kier molecular flexibility index (Phi) is 10.9. The van der Waals surface area contributed by atoms with E-state index in [1.54, 1.807) is 37.3 Å². The zero-order chi connectivity index (χ0) is 31.9. The monoisotopic (exact) mass is 619 g/mol. The number of allylic oxidation sites excluding steroid dienone is 3. The van der Waals surface area contributed by atoms with Crippen molar-refractivity contribution in [2.45, 2.75) is 84.1 Å². The summed E-state index contributed by atoms with van der Waals surface area (Å²) in [5.74, 6) is 0.719. The molecule has 10 heteroatoms. The fraction of sp³-hybridized carbons (Fsp3) is 0.514. The number of hydrogen-bond acceptors (Lipinski definition) is 6. The van der Waals surface area contributed by atoms with E-state index in [2.05, 4.69) is 15.2 Å². The number of nitrogens with one attached hydrogen (secondary N) is 1. The van der Waals surface area contributed by atoms with Crippen LogP contribution in [0, 0.1) is 0 Å². The van der Waals surface area contributed by atoms with Crippen molar-refractivity contribution in [1.29, 1.82) is 0 Å². The van der Waals surface area contributed by atoms with Crippen LogP contribution in [0.2, 0.25) is 0 Å². The molecule has 0 aliphatic carbocycles. The molecular weight excluding hydrogens is 573 g/mol. The smallest absolute Gasteiger partial charge is 0.321 e. The summed E-state index contributed by atoms with van der Waals surface area (Å²) in [7, 11) is 0. The lowest BCUT2D eigenvalue weighted by Gasteiger charge is -2.39. The van der Waals surface area contributed by atoms with Gasteiger partial charge in [0.05, 0.1) is 6.04 Å². The Bertz CT molecular complexity index is 1360. The van der Waals surface area contributed by atoms with Crippen LogP contribution in [0.15, 0.2) is 66.1 Å². The Morgan fingerprint density at radius 1 is 1.09 bits per heavy atom. The summed E-state index contributed by atoms with van der Waals surface area (Å²) in [5, 5.41) is 2.88. The Balaban J connectivity index is 1.16. The molecule has 1 atom stereocenters. The third kappa shape index (κ3) is 8.29. The van der Waals surface area contributed by atoms with E-state index in [4.69, 9.17) is 9.47 Å². The van der Waals surface area contributed by atoms with Crippen LogP contribution in [0.5, 0.6) is 11.6 Å². The molecule has 9 nitrogen and oxygen atoms in total. The van der Waals surface area contributed by atoms with Crippen LogP contribution in [-0.2, 0) is 11.3 Å². The highest BCUT2D eigenvalue weighted by Crippen LogP contribution is 2.33. The lowest BCUT2D eigenvalue weighted by molar-refractivity contribution is 0.0493. The van der Waals surface area contributed by atoms with Crippen LogP contribution in [0.4, 0.5) is 9.18 Å². The molecule has 0 bridgehead atoms. The first-order valence-electron chi connectivity index (χ1n) is 16.1. The van der Waals surface area contributed by atoms with Crippen LogP contribution in [-0.4, -0.2) is 88.6 Å². The molecule has 3 amide bonds. The molecule has 3 fully saturated rings. The number of likely N-dealkylation sites (tertiary alicyclic amines) is 1. The first kappa shape index (κ1) is 32.6. The molecular formula is C35H46FN5O4. The predicted octanol–water partition coefficient (Wildman–Crippen LogP) is 6.08. The second kappa shape index (κ2) is 15.0. The van der Waals surface area contributed by atoms with E-state index < -0.39 is 0 Å². The number of ether oxygens (including phenoxy) is 2. The fourth-order valence-corrected chi connectivity index (χ4v) is 6.43. The maximum absolute atomic E-state index is 14.2. The number of amides is 3. The van der Waals surface area contributed by atoms with Gasteiger partial charge in [0.1, 0.15) is 11.6 Å². The van der Waals surface area contributed by atoms with Crippen molar-refractivity contribution in [2.24, 2.45) is 0 Å². The summed E-state index contributed by atoms with van der Waals surface area (Å²) in [6, 6.07) is 11.2. The molecule has 1 N–H and O–H groups in total. The van der Waals surface area contributed by atoms with Gasteiger partial charge in [0.15, 0.2) is 0 Å². The van der Waals surface area contributed by atoms with Gasteiger partial charge in [0.25, 0.3) is 5.91 Å². The van der Waals surface area contributed by atoms with Gasteiger partial charge in [-0.1, -0.05) is 12.1 Å². The van der Waals surface area contributed by atoms with Gasteiger partial charge in [-0.25, -0.2) is 14.2 Å². The number of benzene rings is 1.